The second kappa shape index (κ2) is 6.65. The molecule has 0 fully saturated rings. The molecule has 2 aromatic heterocycles. The Kier molecular flexibility index (Phi) is 4.65. The summed E-state index contributed by atoms with van der Waals surface area (Å²) in [7, 11) is 0. The van der Waals surface area contributed by atoms with E-state index in [4.69, 9.17) is 0 Å². The van der Waals surface area contributed by atoms with Crippen LogP contribution in [0.4, 0.5) is 11.5 Å². The van der Waals surface area contributed by atoms with Gasteiger partial charge in [0.1, 0.15) is 5.82 Å². The number of aromatic nitrogens is 2. The van der Waals surface area contributed by atoms with E-state index in [0.29, 0.717) is 11.4 Å². The second-order valence-corrected chi connectivity index (χ2v) is 4.50. The van der Waals surface area contributed by atoms with Crippen molar-refractivity contribution in [2.75, 3.05) is 17.2 Å². The Balaban J connectivity index is 2.11. The second-order valence-electron chi connectivity index (χ2n) is 4.50. The summed E-state index contributed by atoms with van der Waals surface area (Å²) in [6.07, 6.45) is 6.01. The fourth-order valence-electron chi connectivity index (χ4n) is 1.73. The lowest BCUT2D eigenvalue weighted by molar-refractivity contribution is 0.102. The normalized spacial score (nSPS) is 10.1. The van der Waals surface area contributed by atoms with Crippen LogP contribution in [0.25, 0.3) is 0 Å². The summed E-state index contributed by atoms with van der Waals surface area (Å²) < 4.78 is 0. The number of carbonyl (C=O) groups is 1. The standard InChI is InChI=1S/C15H18N4O/c1-3-6-17-14-9-12(4-8-18-14)15(20)19-13-5-7-16-10-11(13)2/h4-5,7-10H,3,6H2,1-2H3,(H,17,18)(H,16,19,20). The molecule has 0 aliphatic carbocycles. The highest BCUT2D eigenvalue weighted by Gasteiger charge is 2.08. The van der Waals surface area contributed by atoms with Gasteiger partial charge < -0.3 is 10.6 Å². The summed E-state index contributed by atoms with van der Waals surface area (Å²) in [4.78, 5) is 20.4. The van der Waals surface area contributed by atoms with Crippen molar-refractivity contribution in [2.45, 2.75) is 20.3 Å². The van der Waals surface area contributed by atoms with E-state index in [1.807, 2.05) is 6.92 Å². The zero-order valence-electron chi connectivity index (χ0n) is 11.7. The molecule has 20 heavy (non-hydrogen) atoms. The Bertz CT molecular complexity index is 598. The summed E-state index contributed by atoms with van der Waals surface area (Å²) >= 11 is 0. The van der Waals surface area contributed by atoms with Crippen molar-refractivity contribution in [1.82, 2.24) is 9.97 Å². The summed E-state index contributed by atoms with van der Waals surface area (Å²) in [6, 6.07) is 5.23. The van der Waals surface area contributed by atoms with E-state index in [0.717, 1.165) is 24.2 Å². The van der Waals surface area contributed by atoms with Gasteiger partial charge in [0, 0.05) is 36.4 Å². The number of amides is 1. The maximum atomic E-state index is 12.2. The van der Waals surface area contributed by atoms with E-state index in [9.17, 15) is 4.79 Å². The monoisotopic (exact) mass is 270 g/mol. The first-order valence-electron chi connectivity index (χ1n) is 6.62. The van der Waals surface area contributed by atoms with Crippen LogP contribution in [-0.2, 0) is 0 Å². The summed E-state index contributed by atoms with van der Waals surface area (Å²) in [5.41, 5.74) is 2.28. The lowest BCUT2D eigenvalue weighted by Crippen LogP contribution is -2.13. The first kappa shape index (κ1) is 14.0. The van der Waals surface area contributed by atoms with E-state index in [1.165, 1.54) is 0 Å². The number of rotatable bonds is 5. The molecule has 1 amide bonds. The quantitative estimate of drug-likeness (QED) is 0.876. The number of nitrogens with one attached hydrogen (secondary N) is 2. The van der Waals surface area contributed by atoms with E-state index >= 15 is 0 Å². The summed E-state index contributed by atoms with van der Waals surface area (Å²) in [5.74, 6) is 0.562. The molecule has 2 aromatic rings. The van der Waals surface area contributed by atoms with Crippen molar-refractivity contribution in [3.8, 4) is 0 Å². The van der Waals surface area contributed by atoms with Gasteiger partial charge in [0.05, 0.1) is 0 Å². The molecule has 0 bridgehead atoms. The molecule has 0 aliphatic rings. The number of carbonyl (C=O) groups excluding carboxylic acids is 1. The van der Waals surface area contributed by atoms with Crippen molar-refractivity contribution >= 4 is 17.4 Å². The number of anilines is 2. The van der Waals surface area contributed by atoms with E-state index < -0.39 is 0 Å². The molecule has 0 aromatic carbocycles. The van der Waals surface area contributed by atoms with Gasteiger partial charge in [-0.1, -0.05) is 6.92 Å². The highest BCUT2D eigenvalue weighted by Crippen LogP contribution is 2.14. The van der Waals surface area contributed by atoms with Crippen LogP contribution in [0.15, 0.2) is 36.8 Å². The van der Waals surface area contributed by atoms with Gasteiger partial charge >= 0.3 is 0 Å². The lowest BCUT2D eigenvalue weighted by Gasteiger charge is -2.09. The van der Waals surface area contributed by atoms with Crippen LogP contribution in [-0.4, -0.2) is 22.4 Å². The van der Waals surface area contributed by atoms with Crippen LogP contribution in [0.5, 0.6) is 0 Å². The topological polar surface area (TPSA) is 66.9 Å². The minimum Gasteiger partial charge on any atom is -0.370 e. The van der Waals surface area contributed by atoms with Gasteiger partial charge in [0.15, 0.2) is 0 Å². The van der Waals surface area contributed by atoms with Gasteiger partial charge in [-0.3, -0.25) is 9.78 Å². The van der Waals surface area contributed by atoms with Gasteiger partial charge in [-0.25, -0.2) is 4.98 Å². The number of nitrogens with zero attached hydrogens (tertiary/aromatic N) is 2. The van der Waals surface area contributed by atoms with Gasteiger partial charge in [-0.2, -0.15) is 0 Å². The fourth-order valence-corrected chi connectivity index (χ4v) is 1.73. The molecule has 0 unspecified atom stereocenters. The molecule has 0 radical (unpaired) electrons. The lowest BCUT2D eigenvalue weighted by atomic mass is 10.2. The number of aryl methyl sites for hydroxylation is 1. The third kappa shape index (κ3) is 3.54. The largest absolute Gasteiger partial charge is 0.370 e. The molecule has 2 rings (SSSR count). The third-order valence-corrected chi connectivity index (χ3v) is 2.85. The van der Waals surface area contributed by atoms with Crippen LogP contribution < -0.4 is 10.6 Å². The van der Waals surface area contributed by atoms with Crippen molar-refractivity contribution < 1.29 is 4.79 Å². The highest BCUT2D eigenvalue weighted by molar-refractivity contribution is 6.04. The molecule has 0 saturated heterocycles. The molecule has 2 heterocycles. The van der Waals surface area contributed by atoms with Crippen molar-refractivity contribution in [3.05, 3.63) is 47.9 Å². The molecule has 5 nitrogen and oxygen atoms in total. The van der Waals surface area contributed by atoms with Gasteiger partial charge in [0.25, 0.3) is 5.91 Å². The Hall–Kier alpha value is -2.43. The summed E-state index contributed by atoms with van der Waals surface area (Å²) in [6.45, 7) is 4.82. The summed E-state index contributed by atoms with van der Waals surface area (Å²) in [5, 5.41) is 6.04. The van der Waals surface area contributed by atoms with Gasteiger partial charge in [-0.15, -0.1) is 0 Å². The van der Waals surface area contributed by atoms with Crippen molar-refractivity contribution in [3.63, 3.8) is 0 Å². The SMILES string of the molecule is CCCNc1cc(C(=O)Nc2ccncc2C)ccn1. The third-order valence-electron chi connectivity index (χ3n) is 2.85. The first-order valence-corrected chi connectivity index (χ1v) is 6.62. The van der Waals surface area contributed by atoms with E-state index in [2.05, 4.69) is 27.5 Å². The minimum atomic E-state index is -0.152. The molecule has 2 N–H and O–H groups in total. The number of pyridine rings is 2. The predicted molar refractivity (Wildman–Crippen MR) is 79.9 cm³/mol. The van der Waals surface area contributed by atoms with Crippen LogP contribution in [0, 0.1) is 6.92 Å². The molecular formula is C15H18N4O. The molecule has 0 saturated carbocycles. The van der Waals surface area contributed by atoms with Crippen LogP contribution >= 0.6 is 0 Å². The minimum absolute atomic E-state index is 0.152. The molecule has 5 heteroatoms. The predicted octanol–water partition coefficient (Wildman–Crippen LogP) is 2.86. The van der Waals surface area contributed by atoms with Gasteiger partial charge in [-0.05, 0) is 37.1 Å². The maximum Gasteiger partial charge on any atom is 0.255 e. The average molecular weight is 270 g/mol. The Morgan fingerprint density at radius 2 is 2.15 bits per heavy atom. The highest BCUT2D eigenvalue weighted by atomic mass is 16.1. The van der Waals surface area contributed by atoms with Crippen LogP contribution in [0.1, 0.15) is 29.3 Å². The number of hydrogen-bond acceptors (Lipinski definition) is 4. The number of hydrogen-bond donors (Lipinski definition) is 2. The van der Waals surface area contributed by atoms with Gasteiger partial charge in [0.2, 0.25) is 0 Å². The Labute approximate surface area is 118 Å². The van der Waals surface area contributed by atoms with Crippen molar-refractivity contribution in [2.24, 2.45) is 0 Å². The molecule has 0 atom stereocenters. The smallest absolute Gasteiger partial charge is 0.255 e. The maximum absolute atomic E-state index is 12.2. The van der Waals surface area contributed by atoms with Crippen molar-refractivity contribution in [1.29, 1.82) is 0 Å². The average Bonchev–Trinajstić information content (AvgIpc) is 2.48. The molecule has 104 valence electrons. The molecule has 0 aliphatic heterocycles. The zero-order chi connectivity index (χ0) is 14.4. The molecular weight excluding hydrogens is 252 g/mol. The van der Waals surface area contributed by atoms with E-state index in [1.54, 1.807) is 36.8 Å². The Morgan fingerprint density at radius 1 is 1.30 bits per heavy atom. The Morgan fingerprint density at radius 3 is 2.90 bits per heavy atom. The van der Waals surface area contributed by atoms with Crippen LogP contribution in [0.3, 0.4) is 0 Å². The zero-order valence-corrected chi connectivity index (χ0v) is 11.7. The van der Waals surface area contributed by atoms with Crippen LogP contribution in [0.2, 0.25) is 0 Å². The fraction of sp³-hybridized carbons (Fsp3) is 0.267. The molecule has 0 spiro atoms. The van der Waals surface area contributed by atoms with E-state index in [-0.39, 0.29) is 5.91 Å². The first-order chi connectivity index (χ1) is 9.70.